The minimum Gasteiger partial charge on any atom is -0.488 e. The number of aromatic amines is 1. The topological polar surface area (TPSA) is 79.4 Å². The normalized spacial score (nSPS) is 10.8. The fourth-order valence-electron chi connectivity index (χ4n) is 2.24. The summed E-state index contributed by atoms with van der Waals surface area (Å²) in [6, 6.07) is 17.2. The number of amides is 1. The van der Waals surface area contributed by atoms with E-state index in [0.717, 1.165) is 21.3 Å². The Labute approximate surface area is 159 Å². The summed E-state index contributed by atoms with van der Waals surface area (Å²) in [4.78, 5) is 12.0. The van der Waals surface area contributed by atoms with Crippen LogP contribution in [0.25, 0.3) is 0 Å². The number of hydrazone groups is 1. The van der Waals surface area contributed by atoms with E-state index in [1.54, 1.807) is 12.3 Å². The zero-order valence-corrected chi connectivity index (χ0v) is 15.7. The molecule has 0 aliphatic rings. The Morgan fingerprint density at radius 1 is 1.27 bits per heavy atom. The molecule has 2 aromatic carbocycles. The summed E-state index contributed by atoms with van der Waals surface area (Å²) in [6.45, 7) is 2.27. The SMILES string of the molecule is Cc1cc(C(=O)NN=Cc2cc(Br)ccc2OCc2ccccc2)n[nH]1. The molecule has 7 heteroatoms. The molecular formula is C19H17BrN4O2. The molecule has 0 aliphatic carbocycles. The lowest BCUT2D eigenvalue weighted by Crippen LogP contribution is -2.18. The van der Waals surface area contributed by atoms with Gasteiger partial charge < -0.3 is 4.74 Å². The molecule has 3 aromatic rings. The minimum absolute atomic E-state index is 0.287. The van der Waals surface area contributed by atoms with Gasteiger partial charge in [-0.1, -0.05) is 46.3 Å². The third kappa shape index (κ3) is 4.80. The molecule has 6 nitrogen and oxygen atoms in total. The zero-order valence-electron chi connectivity index (χ0n) is 14.1. The van der Waals surface area contributed by atoms with Crippen LogP contribution in [0.15, 0.2) is 64.2 Å². The van der Waals surface area contributed by atoms with Crippen LogP contribution < -0.4 is 10.2 Å². The highest BCUT2D eigenvalue weighted by atomic mass is 79.9. The molecule has 0 saturated heterocycles. The number of halogens is 1. The Kier molecular flexibility index (Phi) is 5.80. The van der Waals surface area contributed by atoms with E-state index in [4.69, 9.17) is 4.74 Å². The fraction of sp³-hybridized carbons (Fsp3) is 0.105. The number of H-pyrrole nitrogens is 1. The predicted octanol–water partition coefficient (Wildman–Crippen LogP) is 3.82. The van der Waals surface area contributed by atoms with Crippen LogP contribution in [0.2, 0.25) is 0 Å². The summed E-state index contributed by atoms with van der Waals surface area (Å²) in [6.07, 6.45) is 1.54. The lowest BCUT2D eigenvalue weighted by molar-refractivity contribution is 0.0950. The summed E-state index contributed by atoms with van der Waals surface area (Å²) in [7, 11) is 0. The Morgan fingerprint density at radius 2 is 2.08 bits per heavy atom. The van der Waals surface area contributed by atoms with Crippen molar-refractivity contribution in [2.24, 2.45) is 5.10 Å². The van der Waals surface area contributed by atoms with Crippen molar-refractivity contribution >= 4 is 28.1 Å². The summed E-state index contributed by atoms with van der Waals surface area (Å²) in [5.74, 6) is 0.290. The summed E-state index contributed by atoms with van der Waals surface area (Å²) in [5.41, 5.74) is 5.37. The first-order valence-electron chi connectivity index (χ1n) is 7.93. The first kappa shape index (κ1) is 17.9. The molecule has 0 saturated carbocycles. The molecule has 0 unspecified atom stereocenters. The van der Waals surface area contributed by atoms with Crippen molar-refractivity contribution in [2.75, 3.05) is 0 Å². The van der Waals surface area contributed by atoms with Crippen LogP contribution in [-0.2, 0) is 6.61 Å². The number of hydrogen-bond donors (Lipinski definition) is 2. The van der Waals surface area contributed by atoms with Gasteiger partial charge in [-0.15, -0.1) is 0 Å². The average molecular weight is 413 g/mol. The first-order chi connectivity index (χ1) is 12.6. The monoisotopic (exact) mass is 412 g/mol. The van der Waals surface area contributed by atoms with Crippen LogP contribution in [0, 0.1) is 6.92 Å². The fourth-order valence-corrected chi connectivity index (χ4v) is 2.62. The number of nitrogens with zero attached hydrogens (tertiary/aromatic N) is 2. The highest BCUT2D eigenvalue weighted by molar-refractivity contribution is 9.10. The second-order valence-corrected chi connectivity index (χ2v) is 6.51. The highest BCUT2D eigenvalue weighted by Gasteiger charge is 2.08. The van der Waals surface area contributed by atoms with Crippen LogP contribution in [0.3, 0.4) is 0 Å². The molecule has 0 atom stereocenters. The van der Waals surface area contributed by atoms with Crippen LogP contribution in [-0.4, -0.2) is 22.3 Å². The second-order valence-electron chi connectivity index (χ2n) is 5.59. The van der Waals surface area contributed by atoms with Crippen molar-refractivity contribution in [1.29, 1.82) is 0 Å². The molecule has 132 valence electrons. The minimum atomic E-state index is -0.382. The number of carbonyl (C=O) groups excluding carboxylic acids is 1. The lowest BCUT2D eigenvalue weighted by atomic mass is 10.2. The van der Waals surface area contributed by atoms with E-state index in [9.17, 15) is 4.79 Å². The molecule has 0 radical (unpaired) electrons. The average Bonchev–Trinajstić information content (AvgIpc) is 3.08. The van der Waals surface area contributed by atoms with E-state index >= 15 is 0 Å². The molecule has 2 N–H and O–H groups in total. The van der Waals surface area contributed by atoms with Gasteiger partial charge in [0, 0.05) is 15.7 Å². The Bertz CT molecular complexity index is 922. The maximum absolute atomic E-state index is 12.0. The predicted molar refractivity (Wildman–Crippen MR) is 103 cm³/mol. The van der Waals surface area contributed by atoms with E-state index in [1.807, 2.05) is 55.5 Å². The molecule has 1 aromatic heterocycles. The van der Waals surface area contributed by atoms with Gasteiger partial charge in [-0.05, 0) is 36.8 Å². The third-order valence-corrected chi connectivity index (χ3v) is 4.01. The van der Waals surface area contributed by atoms with Crippen LogP contribution in [0.1, 0.15) is 27.3 Å². The standard InChI is InChI=1S/C19H17BrN4O2/c1-13-9-17(23-22-13)19(25)24-21-11-15-10-16(20)7-8-18(15)26-12-14-5-3-2-4-6-14/h2-11H,12H2,1H3,(H,22,23)(H,24,25). The molecule has 1 heterocycles. The third-order valence-electron chi connectivity index (χ3n) is 3.52. The van der Waals surface area contributed by atoms with Crippen molar-refractivity contribution in [2.45, 2.75) is 13.5 Å². The Balaban J connectivity index is 1.68. The number of ether oxygens (including phenoxy) is 1. The van der Waals surface area contributed by atoms with Crippen LogP contribution >= 0.6 is 15.9 Å². The van der Waals surface area contributed by atoms with Gasteiger partial charge in [0.05, 0.1) is 6.21 Å². The maximum atomic E-state index is 12.0. The second kappa shape index (κ2) is 8.44. The molecule has 0 bridgehead atoms. The largest absolute Gasteiger partial charge is 0.488 e. The molecule has 0 aliphatic heterocycles. The maximum Gasteiger partial charge on any atom is 0.291 e. The van der Waals surface area contributed by atoms with E-state index in [1.165, 1.54) is 0 Å². The van der Waals surface area contributed by atoms with Gasteiger partial charge in [0.15, 0.2) is 5.69 Å². The molecule has 1 amide bonds. The van der Waals surface area contributed by atoms with Gasteiger partial charge in [0.1, 0.15) is 12.4 Å². The number of carbonyl (C=O) groups is 1. The van der Waals surface area contributed by atoms with Crippen molar-refractivity contribution in [3.05, 3.63) is 81.6 Å². The Morgan fingerprint density at radius 3 is 2.81 bits per heavy atom. The molecular weight excluding hydrogens is 396 g/mol. The molecule has 3 rings (SSSR count). The number of aryl methyl sites for hydroxylation is 1. The summed E-state index contributed by atoms with van der Waals surface area (Å²) >= 11 is 3.43. The zero-order chi connectivity index (χ0) is 18.4. The van der Waals surface area contributed by atoms with Gasteiger partial charge in [-0.25, -0.2) is 5.43 Å². The first-order valence-corrected chi connectivity index (χ1v) is 8.73. The van der Waals surface area contributed by atoms with Gasteiger partial charge in [0.2, 0.25) is 0 Å². The summed E-state index contributed by atoms with van der Waals surface area (Å²) < 4.78 is 6.77. The smallest absolute Gasteiger partial charge is 0.291 e. The summed E-state index contributed by atoms with van der Waals surface area (Å²) in [5, 5.41) is 10.6. The number of rotatable bonds is 6. The van der Waals surface area contributed by atoms with Crippen molar-refractivity contribution < 1.29 is 9.53 Å². The molecule has 0 spiro atoms. The van der Waals surface area contributed by atoms with Crippen molar-refractivity contribution in [3.8, 4) is 5.75 Å². The van der Waals surface area contributed by atoms with E-state index in [2.05, 4.69) is 36.7 Å². The Hall–Kier alpha value is -2.93. The van der Waals surface area contributed by atoms with Gasteiger partial charge in [0.25, 0.3) is 5.91 Å². The van der Waals surface area contributed by atoms with Gasteiger partial charge >= 0.3 is 0 Å². The number of benzene rings is 2. The quantitative estimate of drug-likeness (QED) is 0.476. The van der Waals surface area contributed by atoms with E-state index in [0.29, 0.717) is 12.4 Å². The highest BCUT2D eigenvalue weighted by Crippen LogP contribution is 2.22. The van der Waals surface area contributed by atoms with Crippen LogP contribution in [0.4, 0.5) is 0 Å². The van der Waals surface area contributed by atoms with Gasteiger partial charge in [-0.2, -0.15) is 10.2 Å². The van der Waals surface area contributed by atoms with Crippen molar-refractivity contribution in [3.63, 3.8) is 0 Å². The molecule has 26 heavy (non-hydrogen) atoms. The van der Waals surface area contributed by atoms with Crippen LogP contribution in [0.5, 0.6) is 5.75 Å². The number of hydrogen-bond acceptors (Lipinski definition) is 4. The lowest BCUT2D eigenvalue weighted by Gasteiger charge is -2.09. The van der Waals surface area contributed by atoms with E-state index < -0.39 is 0 Å². The van der Waals surface area contributed by atoms with E-state index in [-0.39, 0.29) is 11.6 Å². The van der Waals surface area contributed by atoms with Crippen molar-refractivity contribution in [1.82, 2.24) is 15.6 Å². The van der Waals surface area contributed by atoms with Gasteiger partial charge in [-0.3, -0.25) is 9.89 Å². The number of nitrogens with one attached hydrogen (secondary N) is 2. The number of aromatic nitrogens is 2. The molecule has 0 fully saturated rings.